The number of carbonyl (C=O) groups is 1. The average Bonchev–Trinajstić information content (AvgIpc) is 3.25. The third-order valence-corrected chi connectivity index (χ3v) is 7.05. The Morgan fingerprint density at radius 1 is 1.06 bits per heavy atom. The minimum absolute atomic E-state index is 0.144. The summed E-state index contributed by atoms with van der Waals surface area (Å²) in [4.78, 5) is 12.2. The van der Waals surface area contributed by atoms with E-state index in [2.05, 4.69) is 9.46 Å². The molecule has 0 aliphatic heterocycles. The van der Waals surface area contributed by atoms with Gasteiger partial charge in [0.25, 0.3) is 0 Å². The molecule has 2 aromatic rings. The topological polar surface area (TPSA) is 100 Å². The molecule has 1 aliphatic rings. The molecule has 196 valence electrons. The van der Waals surface area contributed by atoms with E-state index in [1.54, 1.807) is 37.3 Å². The Labute approximate surface area is 207 Å². The van der Waals surface area contributed by atoms with E-state index < -0.39 is 50.9 Å². The summed E-state index contributed by atoms with van der Waals surface area (Å²) in [6.07, 6.45) is -1.65. The Kier molecular flexibility index (Phi) is 8.51. The van der Waals surface area contributed by atoms with Gasteiger partial charge in [-0.2, -0.15) is 0 Å². The molecule has 12 heteroatoms. The Morgan fingerprint density at radius 3 is 2.39 bits per heavy atom. The van der Waals surface area contributed by atoms with Crippen LogP contribution in [0.5, 0.6) is 17.2 Å². The van der Waals surface area contributed by atoms with Crippen LogP contribution in [-0.4, -0.2) is 47.6 Å². The lowest BCUT2D eigenvalue weighted by atomic mass is 9.85. The summed E-state index contributed by atoms with van der Waals surface area (Å²) in [6, 6.07) is 8.67. The van der Waals surface area contributed by atoms with Gasteiger partial charge >= 0.3 is 12.3 Å². The van der Waals surface area contributed by atoms with Gasteiger partial charge in [0.15, 0.2) is 11.5 Å². The van der Waals surface area contributed by atoms with Gasteiger partial charge in [0.2, 0.25) is 10.0 Å². The number of carbonyl (C=O) groups excluding carboxylic acids is 1. The average molecular weight is 530 g/mol. The van der Waals surface area contributed by atoms with Crippen LogP contribution in [0.4, 0.5) is 13.2 Å². The van der Waals surface area contributed by atoms with Crippen LogP contribution in [0.15, 0.2) is 59.5 Å². The minimum Gasteiger partial charge on any atom is -0.493 e. The Morgan fingerprint density at radius 2 is 1.75 bits per heavy atom. The molecule has 0 radical (unpaired) electrons. The summed E-state index contributed by atoms with van der Waals surface area (Å²) in [5, 5.41) is 0. The molecule has 1 N–H and O–H groups in total. The summed E-state index contributed by atoms with van der Waals surface area (Å²) >= 11 is 0. The molecule has 0 bridgehead atoms. The van der Waals surface area contributed by atoms with Crippen LogP contribution in [0.3, 0.4) is 0 Å². The smallest absolute Gasteiger partial charge is 0.493 e. The fraction of sp³-hybridized carbons (Fsp3) is 0.375. The number of esters is 1. The van der Waals surface area contributed by atoms with Gasteiger partial charge in [0.1, 0.15) is 10.6 Å². The van der Waals surface area contributed by atoms with Crippen LogP contribution in [0.1, 0.15) is 24.8 Å². The quantitative estimate of drug-likeness (QED) is 0.364. The van der Waals surface area contributed by atoms with Crippen molar-refractivity contribution in [1.29, 1.82) is 0 Å². The molecule has 0 amide bonds. The van der Waals surface area contributed by atoms with Crippen molar-refractivity contribution in [2.45, 2.75) is 36.6 Å². The Bertz CT molecular complexity index is 1210. The van der Waals surface area contributed by atoms with Crippen LogP contribution >= 0.6 is 0 Å². The maximum atomic E-state index is 12.9. The van der Waals surface area contributed by atoms with Crippen molar-refractivity contribution in [3.8, 4) is 17.2 Å². The number of para-hydroxylation sites is 1. The highest BCUT2D eigenvalue weighted by Gasteiger charge is 2.37. The van der Waals surface area contributed by atoms with Crippen molar-refractivity contribution < 1.29 is 45.3 Å². The third-order valence-electron chi connectivity index (χ3n) is 5.52. The van der Waals surface area contributed by atoms with Crippen molar-refractivity contribution in [3.63, 3.8) is 0 Å². The molecule has 0 saturated carbocycles. The number of halogens is 3. The molecule has 0 spiro atoms. The van der Waals surface area contributed by atoms with Gasteiger partial charge in [0.05, 0.1) is 26.7 Å². The maximum Gasteiger partial charge on any atom is 0.573 e. The number of ether oxygens (including phenoxy) is 4. The molecule has 36 heavy (non-hydrogen) atoms. The van der Waals surface area contributed by atoms with Gasteiger partial charge in [-0.05, 0) is 49.1 Å². The third kappa shape index (κ3) is 6.49. The highest BCUT2D eigenvalue weighted by Crippen LogP contribution is 2.39. The first-order valence-electron chi connectivity index (χ1n) is 10.9. The summed E-state index contributed by atoms with van der Waals surface area (Å²) in [7, 11) is -1.45. The van der Waals surface area contributed by atoms with Crippen molar-refractivity contribution >= 4 is 16.0 Å². The number of alkyl halides is 3. The largest absolute Gasteiger partial charge is 0.573 e. The zero-order valence-corrected chi connectivity index (χ0v) is 20.6. The predicted molar refractivity (Wildman–Crippen MR) is 123 cm³/mol. The normalized spacial score (nSPS) is 18.5. The van der Waals surface area contributed by atoms with Crippen molar-refractivity contribution in [2.75, 3.05) is 20.8 Å². The fourth-order valence-corrected chi connectivity index (χ4v) is 5.37. The second-order valence-corrected chi connectivity index (χ2v) is 9.53. The van der Waals surface area contributed by atoms with Gasteiger partial charge in [-0.15, -0.1) is 13.2 Å². The number of benzene rings is 2. The van der Waals surface area contributed by atoms with E-state index in [0.29, 0.717) is 17.1 Å². The highest BCUT2D eigenvalue weighted by atomic mass is 32.2. The van der Waals surface area contributed by atoms with Crippen LogP contribution < -0.4 is 18.9 Å². The second kappa shape index (κ2) is 11.2. The molecule has 0 heterocycles. The lowest BCUT2D eigenvalue weighted by molar-refractivity contribution is -0.275. The van der Waals surface area contributed by atoms with Gasteiger partial charge in [-0.3, -0.25) is 4.79 Å². The SMILES string of the molecule is CCOC(=O)[C@H](c1ccc(OC)c(OC)c1)[C@@H]1C=C[C@@H](NS(=O)(=O)c2ccccc2OC(F)(F)F)C1. The number of nitrogens with one attached hydrogen (secondary N) is 1. The fourth-order valence-electron chi connectivity index (χ4n) is 4.04. The van der Waals surface area contributed by atoms with Gasteiger partial charge < -0.3 is 18.9 Å². The lowest BCUT2D eigenvalue weighted by Gasteiger charge is -2.23. The molecule has 1 aliphatic carbocycles. The van der Waals surface area contributed by atoms with Crippen molar-refractivity contribution in [1.82, 2.24) is 4.72 Å². The van der Waals surface area contributed by atoms with E-state index in [4.69, 9.17) is 14.2 Å². The first-order valence-corrected chi connectivity index (χ1v) is 12.4. The first kappa shape index (κ1) is 27.3. The molecule has 0 saturated heterocycles. The summed E-state index contributed by atoms with van der Waals surface area (Å²) < 4.78 is 86.2. The Hall–Kier alpha value is -3.25. The molecule has 0 fully saturated rings. The number of methoxy groups -OCH3 is 2. The highest BCUT2D eigenvalue weighted by molar-refractivity contribution is 7.89. The molecular weight excluding hydrogens is 503 g/mol. The number of allylic oxidation sites excluding steroid dienone is 1. The number of hydrogen-bond donors (Lipinski definition) is 1. The molecule has 3 atom stereocenters. The van der Waals surface area contributed by atoms with E-state index in [9.17, 15) is 26.4 Å². The first-order chi connectivity index (χ1) is 17.0. The van der Waals surface area contributed by atoms with E-state index in [0.717, 1.165) is 12.1 Å². The predicted octanol–water partition coefficient (Wildman–Crippen LogP) is 4.17. The van der Waals surface area contributed by atoms with Crippen LogP contribution in [0.2, 0.25) is 0 Å². The molecule has 8 nitrogen and oxygen atoms in total. The molecule has 0 unspecified atom stereocenters. The van der Waals surface area contributed by atoms with Crippen molar-refractivity contribution in [3.05, 3.63) is 60.2 Å². The van der Waals surface area contributed by atoms with Crippen LogP contribution in [-0.2, 0) is 19.6 Å². The van der Waals surface area contributed by atoms with E-state index in [-0.39, 0.29) is 13.0 Å². The summed E-state index contributed by atoms with van der Waals surface area (Å²) in [6.45, 7) is 1.82. The summed E-state index contributed by atoms with van der Waals surface area (Å²) in [5.74, 6) is -1.72. The number of hydrogen-bond acceptors (Lipinski definition) is 7. The molecule has 2 aromatic carbocycles. The van der Waals surface area contributed by atoms with Gasteiger partial charge in [-0.1, -0.05) is 30.4 Å². The van der Waals surface area contributed by atoms with Crippen LogP contribution in [0, 0.1) is 5.92 Å². The number of sulfonamides is 1. The van der Waals surface area contributed by atoms with E-state index in [1.807, 2.05) is 0 Å². The molecular formula is C24H26F3NO7S. The lowest BCUT2D eigenvalue weighted by Crippen LogP contribution is -2.34. The summed E-state index contributed by atoms with van der Waals surface area (Å²) in [5.41, 5.74) is 0.577. The van der Waals surface area contributed by atoms with Gasteiger partial charge in [-0.25, -0.2) is 13.1 Å². The standard InChI is InChI=1S/C24H26F3NO7S/c1-4-34-23(29)22(16-10-12-18(32-2)20(14-16)33-3)15-9-11-17(13-15)28-36(30,31)21-8-6-5-7-19(21)35-24(25,26)27/h5-12,14-15,17,22,28H,4,13H2,1-3H3/t15-,17-,22+/m1/s1. The number of rotatable bonds is 10. The Balaban J connectivity index is 1.84. The minimum atomic E-state index is -5.06. The zero-order valence-electron chi connectivity index (χ0n) is 19.7. The molecule has 3 rings (SSSR count). The second-order valence-electron chi connectivity index (χ2n) is 7.85. The van der Waals surface area contributed by atoms with Gasteiger partial charge in [0, 0.05) is 6.04 Å². The van der Waals surface area contributed by atoms with Crippen molar-refractivity contribution in [2.24, 2.45) is 5.92 Å². The van der Waals surface area contributed by atoms with Crippen LogP contribution in [0.25, 0.3) is 0 Å². The van der Waals surface area contributed by atoms with E-state index >= 15 is 0 Å². The maximum absolute atomic E-state index is 12.9. The van der Waals surface area contributed by atoms with E-state index in [1.165, 1.54) is 26.4 Å². The monoisotopic (exact) mass is 529 g/mol. The molecule has 0 aromatic heterocycles. The zero-order chi connectivity index (χ0) is 26.5.